The van der Waals surface area contributed by atoms with E-state index < -0.39 is 5.91 Å². The third kappa shape index (κ3) is 2.17. The second-order valence-corrected chi connectivity index (χ2v) is 3.57. The van der Waals surface area contributed by atoms with Gasteiger partial charge in [-0.15, -0.1) is 0 Å². The van der Waals surface area contributed by atoms with Crippen molar-refractivity contribution in [3.8, 4) is 16.9 Å². The molecule has 0 radical (unpaired) electrons. The lowest BCUT2D eigenvalue weighted by Gasteiger charge is -2.05. The van der Waals surface area contributed by atoms with Gasteiger partial charge in [0.1, 0.15) is 11.6 Å². The van der Waals surface area contributed by atoms with Gasteiger partial charge in [0.05, 0.1) is 5.56 Å². The number of hydrogen-bond acceptors (Lipinski definition) is 4. The highest BCUT2D eigenvalue weighted by Crippen LogP contribution is 2.24. The van der Waals surface area contributed by atoms with Crippen LogP contribution >= 0.6 is 0 Å². The maximum Gasteiger partial charge on any atom is 0.252 e. The first-order valence-electron chi connectivity index (χ1n) is 4.92. The number of phenolic OH excluding ortho intramolecular Hbond substituents is 1. The van der Waals surface area contributed by atoms with Gasteiger partial charge in [0.25, 0.3) is 5.91 Å². The number of carbonyl (C=O) groups is 1. The Morgan fingerprint density at radius 3 is 2.65 bits per heavy atom. The molecular formula is C12H11N3O2. The minimum atomic E-state index is -0.628. The molecule has 0 bridgehead atoms. The Hall–Kier alpha value is -2.56. The van der Waals surface area contributed by atoms with E-state index in [2.05, 4.69) is 4.98 Å². The van der Waals surface area contributed by atoms with E-state index in [1.54, 1.807) is 30.3 Å². The summed E-state index contributed by atoms with van der Waals surface area (Å²) < 4.78 is 0. The Morgan fingerprint density at radius 2 is 2.00 bits per heavy atom. The predicted octanol–water partition coefficient (Wildman–Crippen LogP) is 1.14. The van der Waals surface area contributed by atoms with Crippen molar-refractivity contribution in [3.05, 3.63) is 42.1 Å². The van der Waals surface area contributed by atoms with Gasteiger partial charge in [0.15, 0.2) is 0 Å². The molecule has 0 atom stereocenters. The van der Waals surface area contributed by atoms with Crippen molar-refractivity contribution in [2.45, 2.75) is 0 Å². The van der Waals surface area contributed by atoms with E-state index >= 15 is 0 Å². The zero-order chi connectivity index (χ0) is 12.4. The van der Waals surface area contributed by atoms with Gasteiger partial charge in [-0.25, -0.2) is 4.98 Å². The summed E-state index contributed by atoms with van der Waals surface area (Å²) in [6.07, 6.45) is 1.52. The van der Waals surface area contributed by atoms with Gasteiger partial charge in [-0.05, 0) is 23.8 Å². The molecule has 0 saturated carbocycles. The molecule has 1 aromatic carbocycles. The first-order chi connectivity index (χ1) is 8.08. The van der Waals surface area contributed by atoms with Gasteiger partial charge < -0.3 is 16.6 Å². The van der Waals surface area contributed by atoms with Crippen molar-refractivity contribution in [1.82, 2.24) is 4.98 Å². The number of rotatable bonds is 2. The van der Waals surface area contributed by atoms with Crippen LogP contribution in [0.2, 0.25) is 0 Å². The summed E-state index contributed by atoms with van der Waals surface area (Å²) in [6.45, 7) is 0. The topological polar surface area (TPSA) is 102 Å². The fourth-order valence-corrected chi connectivity index (χ4v) is 1.52. The quantitative estimate of drug-likeness (QED) is 0.718. The summed E-state index contributed by atoms with van der Waals surface area (Å²) in [7, 11) is 0. The minimum Gasteiger partial charge on any atom is -0.508 e. The number of anilines is 1. The predicted molar refractivity (Wildman–Crippen MR) is 64.3 cm³/mol. The molecule has 17 heavy (non-hydrogen) atoms. The highest BCUT2D eigenvalue weighted by atomic mass is 16.3. The molecular weight excluding hydrogens is 218 g/mol. The standard InChI is InChI=1S/C12H11N3O2/c13-11-10(12(14)17)5-8(6-15-11)7-2-1-3-9(16)4-7/h1-6,16H,(H2,13,15)(H2,14,17). The lowest BCUT2D eigenvalue weighted by molar-refractivity contribution is 0.100. The third-order valence-electron chi connectivity index (χ3n) is 2.36. The fraction of sp³-hybridized carbons (Fsp3) is 0. The molecule has 1 heterocycles. The lowest BCUT2D eigenvalue weighted by Crippen LogP contribution is -2.14. The molecule has 5 nitrogen and oxygen atoms in total. The summed E-state index contributed by atoms with van der Waals surface area (Å²) in [5.41, 5.74) is 12.3. The van der Waals surface area contributed by atoms with Gasteiger partial charge in [0, 0.05) is 11.8 Å². The summed E-state index contributed by atoms with van der Waals surface area (Å²) in [6, 6.07) is 8.17. The Bertz CT molecular complexity index is 582. The van der Waals surface area contributed by atoms with E-state index in [-0.39, 0.29) is 17.1 Å². The number of aromatic nitrogens is 1. The number of nitrogen functional groups attached to an aromatic ring is 1. The van der Waals surface area contributed by atoms with Gasteiger partial charge in [-0.1, -0.05) is 12.1 Å². The SMILES string of the molecule is NC(=O)c1cc(-c2cccc(O)c2)cnc1N. The van der Waals surface area contributed by atoms with E-state index in [4.69, 9.17) is 11.5 Å². The maximum absolute atomic E-state index is 11.1. The van der Waals surface area contributed by atoms with Crippen molar-refractivity contribution in [2.75, 3.05) is 5.73 Å². The van der Waals surface area contributed by atoms with E-state index in [1.807, 2.05) is 0 Å². The first-order valence-corrected chi connectivity index (χ1v) is 4.92. The Labute approximate surface area is 97.7 Å². The number of hydrogen-bond donors (Lipinski definition) is 3. The molecule has 0 aliphatic rings. The van der Waals surface area contributed by atoms with Crippen molar-refractivity contribution >= 4 is 11.7 Å². The highest BCUT2D eigenvalue weighted by Gasteiger charge is 2.09. The molecule has 0 saturated heterocycles. The molecule has 0 aliphatic carbocycles. The van der Waals surface area contributed by atoms with Crippen LogP contribution in [0, 0.1) is 0 Å². The van der Waals surface area contributed by atoms with Crippen molar-refractivity contribution in [2.24, 2.45) is 5.73 Å². The van der Waals surface area contributed by atoms with Crippen LogP contribution in [0.15, 0.2) is 36.5 Å². The van der Waals surface area contributed by atoms with Crippen LogP contribution in [-0.2, 0) is 0 Å². The second-order valence-electron chi connectivity index (χ2n) is 3.57. The van der Waals surface area contributed by atoms with E-state index in [0.717, 1.165) is 5.56 Å². The summed E-state index contributed by atoms with van der Waals surface area (Å²) in [4.78, 5) is 15.0. The van der Waals surface area contributed by atoms with Crippen LogP contribution in [0.3, 0.4) is 0 Å². The van der Waals surface area contributed by atoms with Crippen LogP contribution in [0.1, 0.15) is 10.4 Å². The first kappa shape index (κ1) is 10.9. The number of phenols is 1. The molecule has 0 aliphatic heterocycles. The molecule has 0 unspecified atom stereocenters. The van der Waals surface area contributed by atoms with Crippen LogP contribution in [0.25, 0.3) is 11.1 Å². The van der Waals surface area contributed by atoms with Gasteiger partial charge >= 0.3 is 0 Å². The average molecular weight is 229 g/mol. The van der Waals surface area contributed by atoms with Crippen molar-refractivity contribution in [1.29, 1.82) is 0 Å². The summed E-state index contributed by atoms with van der Waals surface area (Å²) >= 11 is 0. The van der Waals surface area contributed by atoms with Crippen LogP contribution in [0.4, 0.5) is 5.82 Å². The molecule has 86 valence electrons. The fourth-order valence-electron chi connectivity index (χ4n) is 1.52. The number of aromatic hydroxyl groups is 1. The lowest BCUT2D eigenvalue weighted by atomic mass is 10.1. The van der Waals surface area contributed by atoms with E-state index in [1.165, 1.54) is 6.20 Å². The van der Waals surface area contributed by atoms with Crippen LogP contribution < -0.4 is 11.5 Å². The molecule has 2 rings (SSSR count). The molecule has 1 aromatic heterocycles. The smallest absolute Gasteiger partial charge is 0.252 e. The van der Waals surface area contributed by atoms with E-state index in [9.17, 15) is 9.90 Å². The third-order valence-corrected chi connectivity index (χ3v) is 2.36. The van der Waals surface area contributed by atoms with Crippen molar-refractivity contribution in [3.63, 3.8) is 0 Å². The summed E-state index contributed by atoms with van der Waals surface area (Å²) in [5.74, 6) is -0.390. The molecule has 5 N–H and O–H groups in total. The van der Waals surface area contributed by atoms with Gasteiger partial charge in [-0.3, -0.25) is 4.79 Å². The van der Waals surface area contributed by atoms with Gasteiger partial charge in [0.2, 0.25) is 0 Å². The van der Waals surface area contributed by atoms with Crippen LogP contribution in [-0.4, -0.2) is 16.0 Å². The number of primary amides is 1. The highest BCUT2D eigenvalue weighted by molar-refractivity contribution is 5.98. The Balaban J connectivity index is 2.54. The number of pyridine rings is 1. The normalized spacial score (nSPS) is 10.1. The number of amides is 1. The number of carbonyl (C=O) groups excluding carboxylic acids is 1. The van der Waals surface area contributed by atoms with Gasteiger partial charge in [-0.2, -0.15) is 0 Å². The Kier molecular flexibility index (Phi) is 2.66. The maximum atomic E-state index is 11.1. The number of benzene rings is 1. The second kappa shape index (κ2) is 4.13. The van der Waals surface area contributed by atoms with E-state index in [0.29, 0.717) is 5.56 Å². The molecule has 2 aromatic rings. The number of nitrogens with two attached hydrogens (primary N) is 2. The van der Waals surface area contributed by atoms with Crippen LogP contribution in [0.5, 0.6) is 5.75 Å². The zero-order valence-corrected chi connectivity index (χ0v) is 8.92. The molecule has 0 spiro atoms. The average Bonchev–Trinajstić information content (AvgIpc) is 2.29. The molecule has 5 heteroatoms. The zero-order valence-electron chi connectivity index (χ0n) is 8.92. The largest absolute Gasteiger partial charge is 0.508 e. The monoisotopic (exact) mass is 229 g/mol. The molecule has 0 fully saturated rings. The summed E-state index contributed by atoms with van der Waals surface area (Å²) in [5, 5.41) is 9.37. The Morgan fingerprint density at radius 1 is 1.24 bits per heavy atom. The number of nitrogens with zero attached hydrogens (tertiary/aromatic N) is 1. The van der Waals surface area contributed by atoms with Crippen molar-refractivity contribution < 1.29 is 9.90 Å². The molecule has 1 amide bonds. The minimum absolute atomic E-state index is 0.0985.